The zero-order valence-corrected chi connectivity index (χ0v) is 27.2. The van der Waals surface area contributed by atoms with Gasteiger partial charge < -0.3 is 0 Å². The van der Waals surface area contributed by atoms with Gasteiger partial charge in [-0.3, -0.25) is 0 Å². The van der Waals surface area contributed by atoms with E-state index in [-0.39, 0.29) is 0 Å². The topological polar surface area (TPSA) is 51.6 Å². The number of nitrogens with zero attached hydrogens (tertiary/aromatic N) is 4. The van der Waals surface area contributed by atoms with Gasteiger partial charge in [0.1, 0.15) is 10.0 Å². The summed E-state index contributed by atoms with van der Waals surface area (Å²) in [6.45, 7) is 0. The van der Waals surface area contributed by atoms with Crippen LogP contribution in [0.3, 0.4) is 0 Å². The third-order valence-corrected chi connectivity index (χ3v) is 10.2. The van der Waals surface area contributed by atoms with Crippen LogP contribution in [0.5, 0.6) is 0 Å². The molecule has 0 spiro atoms. The van der Waals surface area contributed by atoms with Gasteiger partial charge in [0.15, 0.2) is 0 Å². The Hall–Kier alpha value is -5.82. The van der Waals surface area contributed by atoms with Crippen molar-refractivity contribution in [3.05, 3.63) is 157 Å². The standard InChI is InChI=1S/C42H26N4S2/c1-2-9-27(10-3-1)28-11-6-12-29(25-28)30-19-20-33-34(26-30)40(36-16-8-18-38(46-36)42-44-22-24-48-42)32-14-5-4-13-31(32)39(33)35-15-7-17-37(45-35)41-43-21-23-47-41/h1-26H. The first-order chi connectivity index (χ1) is 23.8. The lowest BCUT2D eigenvalue weighted by Gasteiger charge is -2.18. The summed E-state index contributed by atoms with van der Waals surface area (Å²) in [4.78, 5) is 19.5. The summed E-state index contributed by atoms with van der Waals surface area (Å²) in [5.74, 6) is 0. The monoisotopic (exact) mass is 650 g/mol. The summed E-state index contributed by atoms with van der Waals surface area (Å²) < 4.78 is 0. The van der Waals surface area contributed by atoms with Crippen LogP contribution in [0.1, 0.15) is 0 Å². The summed E-state index contributed by atoms with van der Waals surface area (Å²) >= 11 is 3.20. The van der Waals surface area contributed by atoms with E-state index in [1.165, 1.54) is 11.1 Å². The number of thiazole rings is 2. The molecule has 0 radical (unpaired) electrons. The molecule has 4 heterocycles. The summed E-state index contributed by atoms with van der Waals surface area (Å²) in [6, 6.07) is 47.2. The highest BCUT2D eigenvalue weighted by Gasteiger charge is 2.20. The summed E-state index contributed by atoms with van der Waals surface area (Å²) in [5.41, 5.74) is 10.5. The number of fused-ring (bicyclic) bond motifs is 2. The summed E-state index contributed by atoms with van der Waals surface area (Å²) in [5, 5.41) is 10.3. The highest BCUT2D eigenvalue weighted by molar-refractivity contribution is 7.13. The van der Waals surface area contributed by atoms with Crippen molar-refractivity contribution in [2.24, 2.45) is 0 Å². The molecule has 6 heteroatoms. The zero-order valence-electron chi connectivity index (χ0n) is 25.6. The van der Waals surface area contributed by atoms with Gasteiger partial charge in [-0.15, -0.1) is 22.7 Å². The van der Waals surface area contributed by atoms with Gasteiger partial charge in [-0.1, -0.05) is 97.1 Å². The molecule has 0 unspecified atom stereocenters. The zero-order chi connectivity index (χ0) is 31.9. The lowest BCUT2D eigenvalue weighted by atomic mass is 9.87. The second kappa shape index (κ2) is 12.1. The van der Waals surface area contributed by atoms with E-state index < -0.39 is 0 Å². The normalized spacial score (nSPS) is 11.3. The Bertz CT molecular complexity index is 2560. The fourth-order valence-electron chi connectivity index (χ4n) is 6.50. The minimum atomic E-state index is 0.869. The molecule has 0 N–H and O–H groups in total. The highest BCUT2D eigenvalue weighted by Crippen LogP contribution is 2.45. The second-order valence-electron chi connectivity index (χ2n) is 11.5. The number of rotatable bonds is 6. The Morgan fingerprint density at radius 2 is 0.833 bits per heavy atom. The van der Waals surface area contributed by atoms with Crippen molar-refractivity contribution in [3.63, 3.8) is 0 Å². The van der Waals surface area contributed by atoms with Crippen LogP contribution >= 0.6 is 22.7 Å². The summed E-state index contributed by atoms with van der Waals surface area (Å²) in [6.07, 6.45) is 3.66. The molecule has 9 aromatic rings. The average molecular weight is 651 g/mol. The molecular formula is C42H26N4S2. The molecule has 0 saturated carbocycles. The van der Waals surface area contributed by atoms with Crippen molar-refractivity contribution >= 4 is 44.2 Å². The lowest BCUT2D eigenvalue weighted by molar-refractivity contribution is 1.29. The Kier molecular flexibility index (Phi) is 7.15. The van der Waals surface area contributed by atoms with Crippen molar-refractivity contribution in [2.75, 3.05) is 0 Å². The van der Waals surface area contributed by atoms with Crippen molar-refractivity contribution in [2.45, 2.75) is 0 Å². The second-order valence-corrected chi connectivity index (χ2v) is 13.3. The molecule has 0 amide bonds. The van der Waals surface area contributed by atoms with Crippen molar-refractivity contribution in [3.8, 4) is 66.2 Å². The van der Waals surface area contributed by atoms with Crippen LogP contribution in [-0.2, 0) is 0 Å². The Morgan fingerprint density at radius 1 is 0.354 bits per heavy atom. The number of pyridine rings is 2. The van der Waals surface area contributed by atoms with E-state index in [4.69, 9.17) is 9.97 Å². The van der Waals surface area contributed by atoms with Gasteiger partial charge in [0.2, 0.25) is 0 Å². The van der Waals surface area contributed by atoms with Gasteiger partial charge in [-0.05, 0) is 80.2 Å². The van der Waals surface area contributed by atoms with Crippen LogP contribution in [0.2, 0.25) is 0 Å². The van der Waals surface area contributed by atoms with E-state index in [2.05, 4.69) is 131 Å². The average Bonchev–Trinajstić information content (AvgIpc) is 3.90. The Morgan fingerprint density at radius 3 is 1.44 bits per heavy atom. The number of benzene rings is 5. The maximum atomic E-state index is 5.22. The van der Waals surface area contributed by atoms with Crippen LogP contribution in [0.25, 0.3) is 87.7 Å². The molecule has 0 aliphatic carbocycles. The molecule has 5 aromatic carbocycles. The van der Waals surface area contributed by atoms with E-state index >= 15 is 0 Å². The minimum absolute atomic E-state index is 0.869. The van der Waals surface area contributed by atoms with Gasteiger partial charge in [0.05, 0.1) is 22.8 Å². The number of hydrogen-bond donors (Lipinski definition) is 0. The minimum Gasteiger partial charge on any atom is -0.245 e. The van der Waals surface area contributed by atoms with Crippen molar-refractivity contribution in [1.29, 1.82) is 0 Å². The van der Waals surface area contributed by atoms with Crippen LogP contribution in [0, 0.1) is 0 Å². The molecule has 0 aliphatic heterocycles. The SMILES string of the molecule is c1ccc(-c2cccc(-c3ccc4c(-c5cccc(-c6nccs6)n5)c5ccccc5c(-c5cccc(-c6nccs6)n5)c4c3)c2)cc1. The van der Waals surface area contributed by atoms with Gasteiger partial charge in [-0.2, -0.15) is 0 Å². The Labute approximate surface area is 285 Å². The molecule has 0 fully saturated rings. The van der Waals surface area contributed by atoms with Gasteiger partial charge in [0, 0.05) is 34.3 Å². The predicted molar refractivity (Wildman–Crippen MR) is 201 cm³/mol. The van der Waals surface area contributed by atoms with E-state index in [1.54, 1.807) is 22.7 Å². The van der Waals surface area contributed by atoms with Gasteiger partial charge in [-0.25, -0.2) is 19.9 Å². The number of hydrogen-bond acceptors (Lipinski definition) is 6. The highest BCUT2D eigenvalue weighted by atomic mass is 32.1. The van der Waals surface area contributed by atoms with Gasteiger partial charge in [0.25, 0.3) is 0 Å². The first kappa shape index (κ1) is 28.4. The predicted octanol–water partition coefficient (Wildman–Crippen LogP) is 11.7. The molecule has 226 valence electrons. The third kappa shape index (κ3) is 5.08. The fourth-order valence-corrected chi connectivity index (χ4v) is 7.72. The first-order valence-corrected chi connectivity index (χ1v) is 17.4. The Balaban J connectivity index is 1.33. The first-order valence-electron chi connectivity index (χ1n) is 15.7. The molecule has 0 aliphatic rings. The maximum Gasteiger partial charge on any atom is 0.141 e. The summed E-state index contributed by atoms with van der Waals surface area (Å²) in [7, 11) is 0. The molecule has 4 nitrogen and oxygen atoms in total. The molecule has 48 heavy (non-hydrogen) atoms. The third-order valence-electron chi connectivity index (χ3n) is 8.64. The van der Waals surface area contributed by atoms with Crippen LogP contribution in [-0.4, -0.2) is 19.9 Å². The van der Waals surface area contributed by atoms with Crippen LogP contribution in [0.4, 0.5) is 0 Å². The van der Waals surface area contributed by atoms with Crippen molar-refractivity contribution < 1.29 is 0 Å². The molecule has 0 atom stereocenters. The van der Waals surface area contributed by atoms with E-state index in [9.17, 15) is 0 Å². The van der Waals surface area contributed by atoms with E-state index in [0.29, 0.717) is 0 Å². The molecule has 4 aromatic heterocycles. The molecule has 0 bridgehead atoms. The maximum absolute atomic E-state index is 5.22. The van der Waals surface area contributed by atoms with E-state index in [1.807, 2.05) is 35.3 Å². The quantitative estimate of drug-likeness (QED) is 0.168. The van der Waals surface area contributed by atoms with Gasteiger partial charge >= 0.3 is 0 Å². The largest absolute Gasteiger partial charge is 0.245 e. The van der Waals surface area contributed by atoms with Crippen LogP contribution in [0.15, 0.2) is 157 Å². The molecular weight excluding hydrogens is 625 g/mol. The smallest absolute Gasteiger partial charge is 0.141 e. The van der Waals surface area contributed by atoms with Crippen molar-refractivity contribution in [1.82, 2.24) is 19.9 Å². The van der Waals surface area contributed by atoms with E-state index in [0.717, 1.165) is 76.6 Å². The molecule has 9 rings (SSSR count). The number of aromatic nitrogens is 4. The van der Waals surface area contributed by atoms with Crippen LogP contribution < -0.4 is 0 Å². The molecule has 0 saturated heterocycles. The lowest BCUT2D eigenvalue weighted by Crippen LogP contribution is -1.95. The fraction of sp³-hybridized carbons (Fsp3) is 0.